The fraction of sp³-hybridized carbons (Fsp3) is 0.714. The normalized spacial score (nSPS) is 13.2. The van der Waals surface area contributed by atoms with Crippen molar-refractivity contribution in [3.8, 4) is 0 Å². The minimum Gasteiger partial charge on any atom is -0.383 e. The molecule has 0 aliphatic carbocycles. The molecular weight excluding hydrogens is 244 g/mol. The zero-order valence-corrected chi connectivity index (χ0v) is 13.1. The molecule has 0 saturated heterocycles. The van der Waals surface area contributed by atoms with Crippen molar-refractivity contribution in [2.45, 2.75) is 26.8 Å². The standard InChI is InChI=1S/C14H26N2OS/c1-11-10-14(13(3)18-11)12(2)15-6-7-16(4)8-9-17-5/h10,12,15H,6-9H2,1-5H3. The SMILES string of the molecule is COCCN(C)CCNC(C)c1cc(C)sc1C. The van der Waals surface area contributed by atoms with Gasteiger partial charge in [0, 0.05) is 42.5 Å². The predicted molar refractivity (Wildman–Crippen MR) is 79.6 cm³/mol. The van der Waals surface area contributed by atoms with Gasteiger partial charge in [-0.2, -0.15) is 0 Å². The molecule has 4 heteroatoms. The van der Waals surface area contributed by atoms with Crippen molar-refractivity contribution in [1.29, 1.82) is 0 Å². The molecule has 0 bridgehead atoms. The topological polar surface area (TPSA) is 24.5 Å². The molecule has 1 N–H and O–H groups in total. The van der Waals surface area contributed by atoms with E-state index in [1.54, 1.807) is 7.11 Å². The molecule has 0 fully saturated rings. The van der Waals surface area contributed by atoms with Crippen LogP contribution >= 0.6 is 11.3 Å². The van der Waals surface area contributed by atoms with Gasteiger partial charge >= 0.3 is 0 Å². The van der Waals surface area contributed by atoms with Gasteiger partial charge < -0.3 is 15.0 Å². The van der Waals surface area contributed by atoms with E-state index in [0.29, 0.717) is 6.04 Å². The van der Waals surface area contributed by atoms with Crippen molar-refractivity contribution in [2.75, 3.05) is 40.4 Å². The molecule has 1 aromatic rings. The number of hydrogen-bond acceptors (Lipinski definition) is 4. The zero-order valence-electron chi connectivity index (χ0n) is 12.2. The summed E-state index contributed by atoms with van der Waals surface area (Å²) >= 11 is 1.88. The Hall–Kier alpha value is -0.420. The maximum absolute atomic E-state index is 5.07. The molecule has 0 aliphatic heterocycles. The first kappa shape index (κ1) is 15.6. The largest absolute Gasteiger partial charge is 0.383 e. The van der Waals surface area contributed by atoms with E-state index < -0.39 is 0 Å². The smallest absolute Gasteiger partial charge is 0.0589 e. The van der Waals surface area contributed by atoms with Crippen LogP contribution in [0.1, 0.15) is 28.3 Å². The van der Waals surface area contributed by atoms with Crippen molar-refractivity contribution < 1.29 is 4.74 Å². The Kier molecular flexibility index (Phi) is 6.86. The lowest BCUT2D eigenvalue weighted by atomic mass is 10.1. The van der Waals surface area contributed by atoms with Gasteiger partial charge in [-0.15, -0.1) is 11.3 Å². The lowest BCUT2D eigenvalue weighted by Gasteiger charge is -2.19. The first-order valence-electron chi connectivity index (χ1n) is 6.52. The second kappa shape index (κ2) is 7.89. The van der Waals surface area contributed by atoms with E-state index in [1.165, 1.54) is 15.3 Å². The van der Waals surface area contributed by atoms with Gasteiger partial charge in [0.25, 0.3) is 0 Å². The second-order valence-corrected chi connectivity index (χ2v) is 6.30. The second-order valence-electron chi connectivity index (χ2n) is 4.84. The number of hydrogen-bond donors (Lipinski definition) is 1. The number of thiophene rings is 1. The molecular formula is C14H26N2OS. The Morgan fingerprint density at radius 3 is 2.67 bits per heavy atom. The molecule has 1 rings (SSSR count). The average Bonchev–Trinajstić information content (AvgIpc) is 2.65. The van der Waals surface area contributed by atoms with Crippen LogP contribution in [0.5, 0.6) is 0 Å². The Labute approximate surface area is 115 Å². The van der Waals surface area contributed by atoms with Gasteiger partial charge in [0.1, 0.15) is 0 Å². The summed E-state index contributed by atoms with van der Waals surface area (Å²) in [5, 5.41) is 3.58. The Morgan fingerprint density at radius 2 is 2.11 bits per heavy atom. The van der Waals surface area contributed by atoms with Crippen molar-refractivity contribution in [2.24, 2.45) is 0 Å². The first-order valence-corrected chi connectivity index (χ1v) is 7.34. The molecule has 0 aliphatic rings. The summed E-state index contributed by atoms with van der Waals surface area (Å²) in [6, 6.07) is 2.73. The Bertz CT molecular complexity index is 352. The van der Waals surface area contributed by atoms with Gasteiger partial charge in [0.15, 0.2) is 0 Å². The highest BCUT2D eigenvalue weighted by molar-refractivity contribution is 7.12. The number of likely N-dealkylation sites (N-methyl/N-ethyl adjacent to an activating group) is 1. The van der Waals surface area contributed by atoms with Gasteiger partial charge in [-0.3, -0.25) is 0 Å². The maximum Gasteiger partial charge on any atom is 0.0589 e. The molecule has 0 amide bonds. The van der Waals surface area contributed by atoms with Crippen LogP contribution in [-0.4, -0.2) is 45.3 Å². The van der Waals surface area contributed by atoms with Crippen molar-refractivity contribution in [3.63, 3.8) is 0 Å². The van der Waals surface area contributed by atoms with Gasteiger partial charge in [-0.05, 0) is 39.4 Å². The Balaban J connectivity index is 2.29. The first-order chi connectivity index (χ1) is 8.54. The number of aryl methyl sites for hydroxylation is 2. The summed E-state index contributed by atoms with van der Waals surface area (Å²) in [4.78, 5) is 5.11. The molecule has 0 radical (unpaired) electrons. The van der Waals surface area contributed by atoms with Gasteiger partial charge in [-0.1, -0.05) is 0 Å². The molecule has 3 nitrogen and oxygen atoms in total. The summed E-state index contributed by atoms with van der Waals surface area (Å²) in [7, 11) is 3.88. The highest BCUT2D eigenvalue weighted by Gasteiger charge is 2.10. The molecule has 1 atom stereocenters. The van der Waals surface area contributed by atoms with Crippen molar-refractivity contribution >= 4 is 11.3 Å². The molecule has 0 saturated carbocycles. The molecule has 1 heterocycles. The quantitative estimate of drug-likeness (QED) is 0.786. The van der Waals surface area contributed by atoms with Gasteiger partial charge in [-0.25, -0.2) is 0 Å². The van der Waals surface area contributed by atoms with E-state index in [1.807, 2.05) is 11.3 Å². The molecule has 18 heavy (non-hydrogen) atoms. The van der Waals surface area contributed by atoms with Crippen LogP contribution in [0.4, 0.5) is 0 Å². The zero-order chi connectivity index (χ0) is 13.5. The summed E-state index contributed by atoms with van der Waals surface area (Å²) < 4.78 is 5.07. The van der Waals surface area contributed by atoms with Crippen molar-refractivity contribution in [3.05, 3.63) is 21.4 Å². The van der Waals surface area contributed by atoms with Crippen LogP contribution in [0, 0.1) is 13.8 Å². The third-order valence-electron chi connectivity index (χ3n) is 3.17. The Morgan fingerprint density at radius 1 is 1.39 bits per heavy atom. The number of ether oxygens (including phenoxy) is 1. The molecule has 104 valence electrons. The fourth-order valence-corrected chi connectivity index (χ4v) is 3.04. The maximum atomic E-state index is 5.07. The number of nitrogens with one attached hydrogen (secondary N) is 1. The molecule has 1 unspecified atom stereocenters. The predicted octanol–water partition coefficient (Wildman–Crippen LogP) is 2.59. The summed E-state index contributed by atoms with van der Waals surface area (Å²) in [6.07, 6.45) is 0. The molecule has 0 spiro atoms. The van der Waals surface area contributed by atoms with Crippen LogP contribution in [0.15, 0.2) is 6.07 Å². The van der Waals surface area contributed by atoms with E-state index in [4.69, 9.17) is 4.74 Å². The van der Waals surface area contributed by atoms with E-state index in [2.05, 4.69) is 44.1 Å². The van der Waals surface area contributed by atoms with Gasteiger partial charge in [0.05, 0.1) is 6.61 Å². The minimum absolute atomic E-state index is 0.436. The van der Waals surface area contributed by atoms with Gasteiger partial charge in [0.2, 0.25) is 0 Å². The highest BCUT2D eigenvalue weighted by atomic mass is 32.1. The number of rotatable bonds is 8. The lowest BCUT2D eigenvalue weighted by Crippen LogP contribution is -2.32. The van der Waals surface area contributed by atoms with Crippen LogP contribution in [0.3, 0.4) is 0 Å². The van der Waals surface area contributed by atoms with E-state index in [-0.39, 0.29) is 0 Å². The van der Waals surface area contributed by atoms with E-state index in [9.17, 15) is 0 Å². The number of methoxy groups -OCH3 is 1. The third kappa shape index (κ3) is 5.06. The summed E-state index contributed by atoms with van der Waals surface area (Å²) in [5.74, 6) is 0. The third-order valence-corrected chi connectivity index (χ3v) is 4.15. The monoisotopic (exact) mass is 270 g/mol. The van der Waals surface area contributed by atoms with Crippen LogP contribution in [0.25, 0.3) is 0 Å². The van der Waals surface area contributed by atoms with Crippen LogP contribution < -0.4 is 5.32 Å². The van der Waals surface area contributed by atoms with Crippen LogP contribution in [-0.2, 0) is 4.74 Å². The summed E-state index contributed by atoms with van der Waals surface area (Å²) in [6.45, 7) is 10.5. The number of nitrogens with zero attached hydrogens (tertiary/aromatic N) is 1. The fourth-order valence-electron chi connectivity index (χ4n) is 2.02. The van der Waals surface area contributed by atoms with E-state index in [0.717, 1.165) is 26.2 Å². The molecule has 1 aromatic heterocycles. The average molecular weight is 270 g/mol. The van der Waals surface area contributed by atoms with E-state index >= 15 is 0 Å². The minimum atomic E-state index is 0.436. The summed E-state index contributed by atoms with van der Waals surface area (Å²) in [5.41, 5.74) is 1.44. The van der Waals surface area contributed by atoms with Crippen LogP contribution in [0.2, 0.25) is 0 Å². The highest BCUT2D eigenvalue weighted by Crippen LogP contribution is 2.25. The van der Waals surface area contributed by atoms with Crippen molar-refractivity contribution in [1.82, 2.24) is 10.2 Å². The lowest BCUT2D eigenvalue weighted by molar-refractivity contribution is 0.161. The molecule has 0 aromatic carbocycles.